The zero-order valence-corrected chi connectivity index (χ0v) is 14.0. The van der Waals surface area contributed by atoms with Gasteiger partial charge in [-0.05, 0) is 35.4 Å². The zero-order chi connectivity index (χ0) is 19.0. The van der Waals surface area contributed by atoms with Crippen molar-refractivity contribution >= 4 is 10.9 Å². The van der Waals surface area contributed by atoms with Gasteiger partial charge in [0.15, 0.2) is 0 Å². The van der Waals surface area contributed by atoms with Crippen molar-refractivity contribution in [2.24, 2.45) is 0 Å². The number of fused-ring (bicyclic) bond motifs is 1. The molecule has 2 nitrogen and oxygen atoms in total. The second-order valence-corrected chi connectivity index (χ2v) is 6.07. The predicted molar refractivity (Wildman–Crippen MR) is 98.1 cm³/mol. The Morgan fingerprint density at radius 3 is 2.44 bits per heavy atom. The number of pyridine rings is 1. The highest BCUT2D eigenvalue weighted by atomic mass is 19.4. The first kappa shape index (κ1) is 17.1. The van der Waals surface area contributed by atoms with Crippen molar-refractivity contribution in [1.29, 1.82) is 0 Å². The molecule has 0 aliphatic carbocycles. The molecule has 27 heavy (non-hydrogen) atoms. The van der Waals surface area contributed by atoms with E-state index in [2.05, 4.69) is 11.1 Å². The third kappa shape index (κ3) is 3.12. The van der Waals surface area contributed by atoms with Crippen molar-refractivity contribution in [3.05, 3.63) is 84.6 Å². The van der Waals surface area contributed by atoms with Crippen molar-refractivity contribution < 1.29 is 18.3 Å². The summed E-state index contributed by atoms with van der Waals surface area (Å²) in [7, 11) is 0. The highest BCUT2D eigenvalue weighted by Crippen LogP contribution is 2.41. The molecule has 0 bridgehead atoms. The van der Waals surface area contributed by atoms with Gasteiger partial charge in [-0.3, -0.25) is 4.98 Å². The number of hydrogen-bond donors (Lipinski definition) is 1. The van der Waals surface area contributed by atoms with E-state index in [1.807, 2.05) is 18.2 Å². The molecule has 0 aliphatic heterocycles. The van der Waals surface area contributed by atoms with Crippen molar-refractivity contribution in [3.8, 4) is 28.0 Å². The molecule has 133 valence electrons. The van der Waals surface area contributed by atoms with Crippen LogP contribution in [0.15, 0.2) is 72.9 Å². The van der Waals surface area contributed by atoms with Crippen LogP contribution in [-0.4, -0.2) is 10.1 Å². The lowest BCUT2D eigenvalue weighted by atomic mass is 9.91. The first-order valence-corrected chi connectivity index (χ1v) is 8.20. The molecule has 0 amide bonds. The lowest BCUT2D eigenvalue weighted by Gasteiger charge is -2.16. The first-order chi connectivity index (χ1) is 12.9. The highest BCUT2D eigenvalue weighted by Gasteiger charge is 2.33. The topological polar surface area (TPSA) is 33.1 Å². The van der Waals surface area contributed by atoms with Gasteiger partial charge in [0.1, 0.15) is 5.75 Å². The minimum Gasteiger partial charge on any atom is -0.508 e. The molecule has 1 radical (unpaired) electrons. The van der Waals surface area contributed by atoms with Crippen LogP contribution >= 0.6 is 0 Å². The number of benzene rings is 3. The van der Waals surface area contributed by atoms with E-state index in [9.17, 15) is 18.3 Å². The van der Waals surface area contributed by atoms with E-state index in [0.29, 0.717) is 27.6 Å². The maximum absolute atomic E-state index is 13.5. The molecule has 5 heteroatoms. The van der Waals surface area contributed by atoms with Crippen LogP contribution in [0.2, 0.25) is 0 Å². The second kappa shape index (κ2) is 6.43. The molecule has 0 spiro atoms. The molecule has 1 heterocycles. The van der Waals surface area contributed by atoms with Gasteiger partial charge in [-0.1, -0.05) is 48.5 Å². The Balaban J connectivity index is 2.12. The van der Waals surface area contributed by atoms with E-state index < -0.39 is 11.7 Å². The first-order valence-electron chi connectivity index (χ1n) is 8.20. The molecule has 0 aliphatic rings. The smallest absolute Gasteiger partial charge is 0.418 e. The average Bonchev–Trinajstić information content (AvgIpc) is 2.66. The van der Waals surface area contributed by atoms with Gasteiger partial charge < -0.3 is 5.11 Å². The van der Waals surface area contributed by atoms with Gasteiger partial charge in [-0.15, -0.1) is 0 Å². The summed E-state index contributed by atoms with van der Waals surface area (Å²) < 4.78 is 40.4. The Labute approximate surface area is 153 Å². The average molecular weight is 364 g/mol. The van der Waals surface area contributed by atoms with Crippen molar-refractivity contribution in [2.45, 2.75) is 6.18 Å². The number of aromatic nitrogens is 1. The van der Waals surface area contributed by atoms with E-state index in [-0.39, 0.29) is 11.3 Å². The highest BCUT2D eigenvalue weighted by molar-refractivity contribution is 6.03. The third-order valence-corrected chi connectivity index (χ3v) is 4.34. The van der Waals surface area contributed by atoms with Crippen molar-refractivity contribution in [3.63, 3.8) is 0 Å². The summed E-state index contributed by atoms with van der Waals surface area (Å²) in [5, 5.41) is 10.3. The van der Waals surface area contributed by atoms with E-state index in [1.54, 1.807) is 24.3 Å². The maximum Gasteiger partial charge on any atom is 0.418 e. The molecule has 0 atom stereocenters. The van der Waals surface area contributed by atoms with Crippen LogP contribution in [0.4, 0.5) is 13.2 Å². The fourth-order valence-electron chi connectivity index (χ4n) is 3.19. The number of nitrogens with zero attached hydrogens (tertiary/aromatic N) is 1. The molecule has 3 aromatic carbocycles. The minimum absolute atomic E-state index is 0.0347. The van der Waals surface area contributed by atoms with Gasteiger partial charge in [-0.25, -0.2) is 0 Å². The largest absolute Gasteiger partial charge is 0.508 e. The van der Waals surface area contributed by atoms with Crippen molar-refractivity contribution in [2.75, 3.05) is 0 Å². The molecular weight excluding hydrogens is 351 g/mol. The Morgan fingerprint density at radius 1 is 0.926 bits per heavy atom. The standard InChI is InChI=1S/C22H13F3NO/c23-22(24,25)19-11-5-10-17-20(15-8-4-9-16(27)12-15)18(13-26-21(17)19)14-6-2-1-3-7-14/h1-6,8-13,27H. The number of aromatic hydroxyl groups is 1. The molecule has 0 saturated heterocycles. The zero-order valence-electron chi connectivity index (χ0n) is 14.0. The van der Waals surface area contributed by atoms with E-state index in [0.717, 1.165) is 6.07 Å². The molecule has 0 saturated carbocycles. The summed E-state index contributed by atoms with van der Waals surface area (Å²) in [6.07, 6.45) is -3.08. The Hall–Kier alpha value is -3.34. The van der Waals surface area contributed by atoms with Crippen LogP contribution in [0.3, 0.4) is 0 Å². The number of phenolic OH excluding ortho intramolecular Hbond substituents is 1. The molecule has 0 unspecified atom stereocenters. The van der Waals surface area contributed by atoms with Gasteiger partial charge in [0.2, 0.25) is 0 Å². The predicted octanol–water partition coefficient (Wildman–Crippen LogP) is 6.09. The van der Waals surface area contributed by atoms with E-state index in [4.69, 9.17) is 0 Å². The van der Waals surface area contributed by atoms with Gasteiger partial charge in [0, 0.05) is 22.7 Å². The summed E-state index contributed by atoms with van der Waals surface area (Å²) in [6.45, 7) is 0. The second-order valence-electron chi connectivity index (χ2n) is 6.07. The van der Waals surface area contributed by atoms with E-state index in [1.165, 1.54) is 24.4 Å². The molecule has 0 fully saturated rings. The van der Waals surface area contributed by atoms with Crippen molar-refractivity contribution in [1.82, 2.24) is 4.98 Å². The number of halogens is 3. The number of rotatable bonds is 2. The Bertz CT molecular complexity index is 1120. The Morgan fingerprint density at radius 2 is 1.74 bits per heavy atom. The number of alkyl halides is 3. The lowest BCUT2D eigenvalue weighted by Crippen LogP contribution is -2.07. The lowest BCUT2D eigenvalue weighted by molar-refractivity contribution is -0.136. The molecular formula is C22H13F3NO. The van der Waals surface area contributed by atoms with E-state index >= 15 is 0 Å². The van der Waals surface area contributed by atoms with Gasteiger partial charge in [0.05, 0.1) is 11.1 Å². The fourth-order valence-corrected chi connectivity index (χ4v) is 3.19. The van der Waals surface area contributed by atoms with Gasteiger partial charge in [0.25, 0.3) is 0 Å². The fraction of sp³-hybridized carbons (Fsp3) is 0.0455. The minimum atomic E-state index is -4.51. The summed E-state index contributed by atoms with van der Waals surface area (Å²) in [5.74, 6) is 0.0347. The van der Waals surface area contributed by atoms with Crippen LogP contribution in [0, 0.1) is 6.07 Å². The summed E-state index contributed by atoms with van der Waals surface area (Å²) in [5.41, 5.74) is 1.63. The van der Waals surface area contributed by atoms with Gasteiger partial charge >= 0.3 is 6.18 Å². The SMILES string of the molecule is Oc1cccc(-c2c(-c3[c]cccc3)cnc3c(C(F)(F)F)cccc23)c1. The Kier molecular flexibility index (Phi) is 4.07. The summed E-state index contributed by atoms with van der Waals surface area (Å²) in [6, 6.07) is 20.8. The molecule has 1 N–H and O–H groups in total. The van der Waals surface area contributed by atoms with Crippen LogP contribution in [0.5, 0.6) is 5.75 Å². The monoisotopic (exact) mass is 364 g/mol. The van der Waals surface area contributed by atoms with Crippen LogP contribution in [0.25, 0.3) is 33.2 Å². The summed E-state index contributed by atoms with van der Waals surface area (Å²) in [4.78, 5) is 4.13. The number of para-hydroxylation sites is 1. The van der Waals surface area contributed by atoms with Gasteiger partial charge in [-0.2, -0.15) is 13.2 Å². The maximum atomic E-state index is 13.5. The normalized spacial score (nSPS) is 11.7. The molecule has 4 aromatic rings. The number of phenols is 1. The van der Waals surface area contributed by atoms with Crippen LogP contribution < -0.4 is 0 Å². The quantitative estimate of drug-likeness (QED) is 0.467. The molecule has 4 rings (SSSR count). The third-order valence-electron chi connectivity index (χ3n) is 4.34. The van der Waals surface area contributed by atoms with Crippen LogP contribution in [-0.2, 0) is 6.18 Å². The summed E-state index contributed by atoms with van der Waals surface area (Å²) >= 11 is 0. The van der Waals surface area contributed by atoms with Crippen LogP contribution in [0.1, 0.15) is 5.56 Å². The molecule has 1 aromatic heterocycles. The number of hydrogen-bond acceptors (Lipinski definition) is 2.